The maximum atomic E-state index is 14.9. The second-order valence-corrected chi connectivity index (χ2v) is 6.05. The number of halogens is 2. The summed E-state index contributed by atoms with van der Waals surface area (Å²) in [5.41, 5.74) is 11.6. The molecule has 1 unspecified atom stereocenters. The average molecular weight is 398 g/mol. The molecule has 6 N–H and O–H groups in total. The Balaban J connectivity index is 2.33. The number of fused-ring (bicyclic) bond motifs is 1. The maximum absolute atomic E-state index is 14.9. The first-order chi connectivity index (χ1) is 13.8. The third-order valence-corrected chi connectivity index (χ3v) is 4.38. The molecule has 1 aromatic heterocycles. The Morgan fingerprint density at radius 1 is 1.31 bits per heavy atom. The molecule has 1 aliphatic heterocycles. The molecule has 0 amide bonds. The van der Waals surface area contributed by atoms with E-state index in [1.165, 1.54) is 13.0 Å². The number of anilines is 3. The van der Waals surface area contributed by atoms with Gasteiger partial charge in [-0.05, 0) is 19.9 Å². The SMILES string of the molecule is CCOc1cc(C2N=C(NC#N)Nc3nc(N)c(C#N)c(N)c32)c(F)c(F)c1C. The summed E-state index contributed by atoms with van der Waals surface area (Å²) in [5.74, 6) is -2.28. The van der Waals surface area contributed by atoms with Crippen molar-refractivity contribution in [2.75, 3.05) is 23.4 Å². The monoisotopic (exact) mass is 398 g/mol. The minimum Gasteiger partial charge on any atom is -0.493 e. The number of aliphatic imine (C=N–C) groups is 1. The van der Waals surface area contributed by atoms with Crippen LogP contribution in [-0.4, -0.2) is 17.6 Å². The molecule has 0 saturated carbocycles. The molecular weight excluding hydrogens is 382 g/mol. The van der Waals surface area contributed by atoms with Crippen LogP contribution in [0, 0.1) is 41.3 Å². The summed E-state index contributed by atoms with van der Waals surface area (Å²) in [6.45, 7) is 3.33. The predicted octanol–water partition coefficient (Wildman–Crippen LogP) is 2.04. The molecular formula is C18H16F2N8O. The van der Waals surface area contributed by atoms with Crippen molar-refractivity contribution in [2.45, 2.75) is 19.9 Å². The number of hydrogen-bond donors (Lipinski definition) is 4. The molecule has 2 heterocycles. The highest BCUT2D eigenvalue weighted by atomic mass is 19.2. The van der Waals surface area contributed by atoms with Crippen LogP contribution >= 0.6 is 0 Å². The molecule has 0 radical (unpaired) electrons. The van der Waals surface area contributed by atoms with Crippen LogP contribution in [0.2, 0.25) is 0 Å². The number of nitrogen functional groups attached to an aromatic ring is 2. The number of nitrogens with zero attached hydrogens (tertiary/aromatic N) is 4. The first-order valence-corrected chi connectivity index (χ1v) is 8.44. The van der Waals surface area contributed by atoms with Crippen molar-refractivity contribution in [2.24, 2.45) is 4.99 Å². The number of nitrogens with two attached hydrogens (primary N) is 2. The molecule has 9 nitrogen and oxygen atoms in total. The molecule has 1 aromatic carbocycles. The highest BCUT2D eigenvalue weighted by Gasteiger charge is 2.33. The van der Waals surface area contributed by atoms with Crippen LogP contribution in [0.5, 0.6) is 5.75 Å². The molecule has 1 atom stereocenters. The van der Waals surface area contributed by atoms with Gasteiger partial charge in [0, 0.05) is 16.7 Å². The Bertz CT molecular complexity index is 1120. The first kappa shape index (κ1) is 19.6. The summed E-state index contributed by atoms with van der Waals surface area (Å²) in [5, 5.41) is 23.2. The van der Waals surface area contributed by atoms with Crippen molar-refractivity contribution in [3.63, 3.8) is 0 Å². The zero-order valence-electron chi connectivity index (χ0n) is 15.5. The van der Waals surface area contributed by atoms with Gasteiger partial charge in [-0.15, -0.1) is 0 Å². The molecule has 148 valence electrons. The van der Waals surface area contributed by atoms with E-state index < -0.39 is 17.7 Å². The molecule has 0 aliphatic carbocycles. The summed E-state index contributed by atoms with van der Waals surface area (Å²) in [4.78, 5) is 8.29. The number of benzene rings is 1. The van der Waals surface area contributed by atoms with Gasteiger partial charge in [-0.25, -0.2) is 18.8 Å². The quantitative estimate of drug-likeness (QED) is 0.452. The van der Waals surface area contributed by atoms with E-state index in [4.69, 9.17) is 21.5 Å². The fourth-order valence-corrected chi connectivity index (χ4v) is 3.02. The Morgan fingerprint density at radius 3 is 2.66 bits per heavy atom. The smallest absolute Gasteiger partial charge is 0.211 e. The van der Waals surface area contributed by atoms with Gasteiger partial charge in [0.05, 0.1) is 12.3 Å². The van der Waals surface area contributed by atoms with Crippen LogP contribution < -0.4 is 26.8 Å². The Kier molecular flexibility index (Phi) is 5.07. The fourth-order valence-electron chi connectivity index (χ4n) is 3.02. The van der Waals surface area contributed by atoms with E-state index in [0.717, 1.165) is 0 Å². The molecule has 0 fully saturated rings. The highest BCUT2D eigenvalue weighted by Crippen LogP contribution is 2.43. The van der Waals surface area contributed by atoms with E-state index >= 15 is 0 Å². The summed E-state index contributed by atoms with van der Waals surface area (Å²) in [6, 6.07) is 1.94. The van der Waals surface area contributed by atoms with E-state index in [1.807, 2.05) is 6.07 Å². The summed E-state index contributed by atoms with van der Waals surface area (Å²) < 4.78 is 34.9. The van der Waals surface area contributed by atoms with E-state index in [-0.39, 0.29) is 57.9 Å². The van der Waals surface area contributed by atoms with Crippen molar-refractivity contribution in [3.8, 4) is 18.0 Å². The zero-order chi connectivity index (χ0) is 21.3. The predicted molar refractivity (Wildman–Crippen MR) is 102 cm³/mol. The van der Waals surface area contributed by atoms with Gasteiger partial charge in [0.1, 0.15) is 35.1 Å². The van der Waals surface area contributed by atoms with Crippen LogP contribution in [-0.2, 0) is 0 Å². The number of ether oxygens (including phenoxy) is 1. The van der Waals surface area contributed by atoms with Crippen LogP contribution in [0.25, 0.3) is 0 Å². The molecule has 0 bridgehead atoms. The number of pyridine rings is 1. The van der Waals surface area contributed by atoms with Gasteiger partial charge in [-0.2, -0.15) is 10.5 Å². The third-order valence-electron chi connectivity index (χ3n) is 4.38. The number of hydrogen-bond acceptors (Lipinski definition) is 9. The van der Waals surface area contributed by atoms with Crippen molar-refractivity contribution < 1.29 is 13.5 Å². The first-order valence-electron chi connectivity index (χ1n) is 8.44. The van der Waals surface area contributed by atoms with Crippen molar-refractivity contribution >= 4 is 23.3 Å². The van der Waals surface area contributed by atoms with Crippen molar-refractivity contribution in [3.05, 3.63) is 40.0 Å². The lowest BCUT2D eigenvalue weighted by atomic mass is 9.93. The molecule has 2 aromatic rings. The number of aromatic nitrogens is 1. The van der Waals surface area contributed by atoms with Crippen molar-refractivity contribution in [1.82, 2.24) is 10.3 Å². The van der Waals surface area contributed by atoms with E-state index in [9.17, 15) is 14.0 Å². The molecule has 11 heteroatoms. The molecule has 3 rings (SSSR count). The summed E-state index contributed by atoms with van der Waals surface area (Å²) in [6.07, 6.45) is 1.68. The Morgan fingerprint density at radius 2 is 2.03 bits per heavy atom. The maximum Gasteiger partial charge on any atom is 0.211 e. The topological polar surface area (TPSA) is 158 Å². The second-order valence-electron chi connectivity index (χ2n) is 6.05. The summed E-state index contributed by atoms with van der Waals surface area (Å²) >= 11 is 0. The number of nitrogens with one attached hydrogen (secondary N) is 2. The molecule has 1 aliphatic rings. The van der Waals surface area contributed by atoms with Gasteiger partial charge < -0.3 is 21.5 Å². The van der Waals surface area contributed by atoms with Gasteiger partial charge in [0.25, 0.3) is 0 Å². The van der Waals surface area contributed by atoms with Gasteiger partial charge in [-0.3, -0.25) is 5.32 Å². The van der Waals surface area contributed by atoms with Crippen LogP contribution in [0.15, 0.2) is 11.1 Å². The lowest BCUT2D eigenvalue weighted by Crippen LogP contribution is -2.33. The number of guanidine groups is 1. The number of rotatable bonds is 3. The zero-order valence-corrected chi connectivity index (χ0v) is 15.5. The largest absolute Gasteiger partial charge is 0.493 e. The summed E-state index contributed by atoms with van der Waals surface area (Å²) in [7, 11) is 0. The minimum atomic E-state index is -1.21. The van der Waals surface area contributed by atoms with Gasteiger partial charge in [-0.1, -0.05) is 0 Å². The molecule has 0 saturated heterocycles. The standard InChI is InChI=1S/C18H16F2N8O/c1-3-29-10-4-8(13(20)12(19)7(10)2)15-11-14(23)9(5-21)16(24)27-17(11)28-18(26-15)25-6-22/h4,15H,3H2,1-2H3,(H6,23,24,25,26,27,28). The third kappa shape index (κ3) is 3.19. The van der Waals surface area contributed by atoms with Gasteiger partial charge in [0.15, 0.2) is 17.8 Å². The van der Waals surface area contributed by atoms with Crippen molar-refractivity contribution in [1.29, 1.82) is 10.5 Å². The van der Waals surface area contributed by atoms with Gasteiger partial charge >= 0.3 is 0 Å². The fraction of sp³-hybridized carbons (Fsp3) is 0.222. The average Bonchev–Trinajstić information content (AvgIpc) is 2.68. The van der Waals surface area contributed by atoms with E-state index in [0.29, 0.717) is 0 Å². The van der Waals surface area contributed by atoms with E-state index in [1.54, 1.807) is 13.1 Å². The van der Waals surface area contributed by atoms with Crippen LogP contribution in [0.1, 0.15) is 35.2 Å². The molecule has 29 heavy (non-hydrogen) atoms. The van der Waals surface area contributed by atoms with Crippen LogP contribution in [0.4, 0.5) is 26.1 Å². The lowest BCUT2D eigenvalue weighted by molar-refractivity contribution is 0.332. The molecule has 0 spiro atoms. The highest BCUT2D eigenvalue weighted by molar-refractivity contribution is 5.98. The lowest BCUT2D eigenvalue weighted by Gasteiger charge is -2.27. The van der Waals surface area contributed by atoms with Gasteiger partial charge in [0.2, 0.25) is 5.96 Å². The van der Waals surface area contributed by atoms with E-state index in [2.05, 4.69) is 20.6 Å². The normalized spacial score (nSPS) is 14.7. The number of nitriles is 2. The minimum absolute atomic E-state index is 0.00253. The van der Waals surface area contributed by atoms with Crippen LogP contribution in [0.3, 0.4) is 0 Å². The second kappa shape index (κ2) is 7.48. The Labute approximate surface area is 164 Å². The Hall–Kier alpha value is -4.12.